The Hall–Kier alpha value is -1.42. The molecule has 17 heavy (non-hydrogen) atoms. The number of carboxylic acid groups (broad SMARTS) is 1. The van der Waals surface area contributed by atoms with Crippen LogP contribution in [-0.4, -0.2) is 27.3 Å². The van der Waals surface area contributed by atoms with Crippen LogP contribution in [0.25, 0.3) is 0 Å². The number of hydrogen-bond donors (Lipinski definition) is 2. The van der Waals surface area contributed by atoms with Crippen LogP contribution in [0.2, 0.25) is 0 Å². The summed E-state index contributed by atoms with van der Waals surface area (Å²) in [5, 5.41) is 19.0. The fourth-order valence-electron chi connectivity index (χ4n) is 2.54. The molecule has 0 atom stereocenters. The van der Waals surface area contributed by atoms with Crippen molar-refractivity contribution < 1.29 is 15.0 Å². The third kappa shape index (κ3) is 2.17. The molecule has 0 unspecified atom stereocenters. The molecule has 1 aromatic rings. The predicted molar refractivity (Wildman–Crippen MR) is 62.8 cm³/mol. The first-order chi connectivity index (χ1) is 8.04. The van der Waals surface area contributed by atoms with Crippen LogP contribution in [0.1, 0.15) is 36.8 Å². The van der Waals surface area contributed by atoms with Gasteiger partial charge < -0.3 is 10.2 Å². The highest BCUT2D eigenvalue weighted by Gasteiger charge is 2.43. The van der Waals surface area contributed by atoms with Crippen LogP contribution in [0.15, 0.2) is 18.5 Å². The lowest BCUT2D eigenvalue weighted by molar-refractivity contribution is -0.146. The Morgan fingerprint density at radius 1 is 1.41 bits per heavy atom. The Bertz CT molecular complexity index is 422. The highest BCUT2D eigenvalue weighted by Crippen LogP contribution is 2.39. The second-order valence-electron chi connectivity index (χ2n) is 4.87. The number of rotatable bonds is 2. The Labute approximate surface area is 100 Å². The fraction of sp³-hybridized carbons (Fsp3) is 0.538. The van der Waals surface area contributed by atoms with E-state index < -0.39 is 11.4 Å². The van der Waals surface area contributed by atoms with Gasteiger partial charge in [-0.05, 0) is 43.7 Å². The van der Waals surface area contributed by atoms with Crippen molar-refractivity contribution in [3.8, 4) is 0 Å². The molecule has 0 spiro atoms. The van der Waals surface area contributed by atoms with Crippen LogP contribution in [0.4, 0.5) is 0 Å². The lowest BCUT2D eigenvalue weighted by Gasteiger charge is -2.35. The monoisotopic (exact) mass is 235 g/mol. The molecule has 1 aromatic heterocycles. The fourth-order valence-corrected chi connectivity index (χ4v) is 2.54. The molecule has 4 nitrogen and oxygen atoms in total. The van der Waals surface area contributed by atoms with Crippen LogP contribution in [-0.2, 0) is 10.2 Å². The molecular weight excluding hydrogens is 218 g/mol. The van der Waals surface area contributed by atoms with Gasteiger partial charge in [0.1, 0.15) is 0 Å². The molecule has 0 aromatic carbocycles. The van der Waals surface area contributed by atoms with Gasteiger partial charge in [0.25, 0.3) is 0 Å². The Kier molecular flexibility index (Phi) is 3.15. The molecule has 0 saturated heterocycles. The van der Waals surface area contributed by atoms with Gasteiger partial charge in [-0.3, -0.25) is 9.78 Å². The average molecular weight is 235 g/mol. The molecule has 2 N–H and O–H groups in total. The lowest BCUT2D eigenvalue weighted by atomic mass is 9.69. The number of aliphatic carboxylic acids is 1. The van der Waals surface area contributed by atoms with E-state index in [2.05, 4.69) is 4.98 Å². The maximum Gasteiger partial charge on any atom is 0.314 e. The number of hydrogen-bond acceptors (Lipinski definition) is 3. The van der Waals surface area contributed by atoms with Crippen molar-refractivity contribution >= 4 is 5.97 Å². The summed E-state index contributed by atoms with van der Waals surface area (Å²) in [7, 11) is 0. The van der Waals surface area contributed by atoms with Gasteiger partial charge in [-0.25, -0.2) is 0 Å². The van der Waals surface area contributed by atoms with Crippen LogP contribution in [0.3, 0.4) is 0 Å². The Balaban J connectivity index is 2.38. The van der Waals surface area contributed by atoms with Crippen molar-refractivity contribution in [1.29, 1.82) is 0 Å². The number of carboxylic acids is 1. The quantitative estimate of drug-likeness (QED) is 0.817. The first-order valence-electron chi connectivity index (χ1n) is 5.88. The van der Waals surface area contributed by atoms with Gasteiger partial charge in [-0.2, -0.15) is 0 Å². The molecule has 0 radical (unpaired) electrons. The zero-order valence-electron chi connectivity index (χ0n) is 9.89. The van der Waals surface area contributed by atoms with E-state index >= 15 is 0 Å². The van der Waals surface area contributed by atoms with Gasteiger partial charge in [0.2, 0.25) is 0 Å². The van der Waals surface area contributed by atoms with Gasteiger partial charge in [0, 0.05) is 12.4 Å². The number of aliphatic hydroxyl groups excluding tert-OH is 1. The van der Waals surface area contributed by atoms with E-state index in [0.29, 0.717) is 25.7 Å². The SMILES string of the molecule is Cc1cncc(C2(C(=O)O)CCC(O)CC2)c1. The van der Waals surface area contributed by atoms with E-state index in [1.807, 2.05) is 13.0 Å². The Morgan fingerprint density at radius 3 is 2.59 bits per heavy atom. The topological polar surface area (TPSA) is 70.4 Å². The summed E-state index contributed by atoms with van der Waals surface area (Å²) in [6.45, 7) is 1.91. The minimum Gasteiger partial charge on any atom is -0.481 e. The number of aliphatic hydroxyl groups is 1. The molecule has 1 aliphatic carbocycles. The van der Waals surface area contributed by atoms with E-state index in [1.165, 1.54) is 0 Å². The molecule has 0 aliphatic heterocycles. The molecule has 2 rings (SSSR count). The highest BCUT2D eigenvalue weighted by atomic mass is 16.4. The summed E-state index contributed by atoms with van der Waals surface area (Å²) >= 11 is 0. The molecule has 0 amide bonds. The van der Waals surface area contributed by atoms with Gasteiger partial charge >= 0.3 is 5.97 Å². The van der Waals surface area contributed by atoms with Crippen LogP contribution in [0, 0.1) is 6.92 Å². The maximum atomic E-state index is 11.6. The average Bonchev–Trinajstić information content (AvgIpc) is 2.30. The molecule has 1 aliphatic rings. The molecule has 92 valence electrons. The van der Waals surface area contributed by atoms with E-state index in [-0.39, 0.29) is 6.10 Å². The van der Waals surface area contributed by atoms with Crippen molar-refractivity contribution in [2.45, 2.75) is 44.1 Å². The minimum absolute atomic E-state index is 0.361. The lowest BCUT2D eigenvalue weighted by Crippen LogP contribution is -2.40. The van der Waals surface area contributed by atoms with Crippen molar-refractivity contribution in [3.05, 3.63) is 29.6 Å². The highest BCUT2D eigenvalue weighted by molar-refractivity contribution is 5.81. The number of aryl methyl sites for hydroxylation is 1. The summed E-state index contributed by atoms with van der Waals surface area (Å²) in [5.74, 6) is -0.809. The van der Waals surface area contributed by atoms with E-state index in [0.717, 1.165) is 11.1 Å². The van der Waals surface area contributed by atoms with Crippen LogP contribution in [0.5, 0.6) is 0 Å². The zero-order valence-corrected chi connectivity index (χ0v) is 9.89. The van der Waals surface area contributed by atoms with Crippen molar-refractivity contribution in [2.75, 3.05) is 0 Å². The molecule has 1 fully saturated rings. The van der Waals surface area contributed by atoms with Crippen LogP contribution < -0.4 is 0 Å². The van der Waals surface area contributed by atoms with Gasteiger partial charge in [-0.1, -0.05) is 6.07 Å². The normalized spacial score (nSPS) is 28.9. The second kappa shape index (κ2) is 4.45. The van der Waals surface area contributed by atoms with Gasteiger partial charge in [0.05, 0.1) is 11.5 Å². The molecule has 1 heterocycles. The molecular formula is C13H17NO3. The standard InChI is InChI=1S/C13H17NO3/c1-9-6-10(8-14-7-9)13(12(16)17)4-2-11(15)3-5-13/h6-8,11,15H,2-5H2,1H3,(H,16,17). The third-order valence-electron chi connectivity index (χ3n) is 3.65. The predicted octanol–water partition coefficient (Wildman–Crippen LogP) is 1.65. The number of aromatic nitrogens is 1. The van der Waals surface area contributed by atoms with E-state index in [9.17, 15) is 15.0 Å². The van der Waals surface area contributed by atoms with Gasteiger partial charge in [0.15, 0.2) is 0 Å². The maximum absolute atomic E-state index is 11.6. The third-order valence-corrected chi connectivity index (χ3v) is 3.65. The number of nitrogens with zero attached hydrogens (tertiary/aromatic N) is 1. The minimum atomic E-state index is -0.863. The smallest absolute Gasteiger partial charge is 0.314 e. The number of carbonyl (C=O) groups is 1. The summed E-state index contributed by atoms with van der Waals surface area (Å²) in [6.07, 6.45) is 5.04. The summed E-state index contributed by atoms with van der Waals surface area (Å²) in [5.41, 5.74) is 0.865. The van der Waals surface area contributed by atoms with Gasteiger partial charge in [-0.15, -0.1) is 0 Å². The number of pyridine rings is 1. The van der Waals surface area contributed by atoms with E-state index in [4.69, 9.17) is 0 Å². The van der Waals surface area contributed by atoms with E-state index in [1.54, 1.807) is 12.4 Å². The summed E-state index contributed by atoms with van der Waals surface area (Å²) in [6, 6.07) is 1.89. The molecule has 1 saturated carbocycles. The first-order valence-corrected chi connectivity index (χ1v) is 5.88. The Morgan fingerprint density at radius 2 is 2.06 bits per heavy atom. The zero-order chi connectivity index (χ0) is 12.5. The first kappa shape index (κ1) is 12.0. The van der Waals surface area contributed by atoms with Crippen molar-refractivity contribution in [1.82, 2.24) is 4.98 Å². The second-order valence-corrected chi connectivity index (χ2v) is 4.87. The van der Waals surface area contributed by atoms with Crippen LogP contribution >= 0.6 is 0 Å². The van der Waals surface area contributed by atoms with Crippen molar-refractivity contribution in [2.24, 2.45) is 0 Å². The summed E-state index contributed by atoms with van der Waals surface area (Å²) in [4.78, 5) is 15.7. The summed E-state index contributed by atoms with van der Waals surface area (Å²) < 4.78 is 0. The largest absolute Gasteiger partial charge is 0.481 e. The molecule has 4 heteroatoms. The molecule has 0 bridgehead atoms. The van der Waals surface area contributed by atoms with Crippen molar-refractivity contribution in [3.63, 3.8) is 0 Å².